The van der Waals surface area contributed by atoms with Crippen molar-refractivity contribution in [3.8, 4) is 11.4 Å². The molecule has 7 heterocycles. The lowest BCUT2D eigenvalue weighted by atomic mass is 10.0. The first-order chi connectivity index (χ1) is 61.4. The number of alkyl halides is 3. The third kappa shape index (κ3) is 22.1. The number of ether oxygens (including phenoxy) is 1. The molecule has 0 atom stereocenters. The van der Waals surface area contributed by atoms with E-state index in [2.05, 4.69) is 37.2 Å². The van der Waals surface area contributed by atoms with Crippen LogP contribution in [0.5, 0.6) is 5.75 Å². The fourth-order valence-corrected chi connectivity index (χ4v) is 15.1. The molecule has 2 fully saturated rings. The summed E-state index contributed by atoms with van der Waals surface area (Å²) in [5.74, 6) is -1.37. The van der Waals surface area contributed by atoms with Crippen molar-refractivity contribution in [2.24, 2.45) is 0 Å². The maximum absolute atomic E-state index is 13.3. The number of hydrogen-bond donors (Lipinski definition) is 10. The smallest absolute Gasteiger partial charge is 0.416 e. The predicted molar refractivity (Wildman–Crippen MR) is 464 cm³/mol. The molecule has 2 aliphatic rings. The Morgan fingerprint density at radius 1 is 0.512 bits per heavy atom. The first kappa shape index (κ1) is 89.7. The lowest BCUT2D eigenvalue weighted by Crippen LogP contribution is -2.27. The van der Waals surface area contributed by atoms with E-state index < -0.39 is 47.8 Å². The largest absolute Gasteiger partial charge is 0.486 e. The van der Waals surface area contributed by atoms with Gasteiger partial charge in [-0.05, 0) is 212 Å². The van der Waals surface area contributed by atoms with Crippen LogP contribution < -0.4 is 54.5 Å². The number of pyridine rings is 3. The summed E-state index contributed by atoms with van der Waals surface area (Å²) in [6, 6.07) is 55.0. The van der Waals surface area contributed by atoms with Crippen LogP contribution in [0.2, 0.25) is 0 Å². The van der Waals surface area contributed by atoms with Crippen molar-refractivity contribution >= 4 is 83.7 Å². The van der Waals surface area contributed by atoms with Crippen molar-refractivity contribution in [2.75, 3.05) is 6.61 Å². The average molecular weight is 1730 g/mol. The number of carbonyl (C=O) groups excluding carboxylic acids is 5. The maximum atomic E-state index is 13.3. The maximum Gasteiger partial charge on any atom is 0.416 e. The highest BCUT2D eigenvalue weighted by molar-refractivity contribution is 6.01. The third-order valence-corrected chi connectivity index (χ3v) is 21.7. The molecule has 0 spiro atoms. The fourth-order valence-electron chi connectivity index (χ4n) is 15.1. The number of hydrogen-bond acceptors (Lipinski definition) is 21. The number of ketones is 1. The second-order valence-corrected chi connectivity index (χ2v) is 30.1. The number of Topliss-reactive ketones (excluding diaryl/α,β-unsaturated/α-hetero) is 1. The first-order valence-corrected chi connectivity index (χ1v) is 40.5. The Kier molecular flexibility index (Phi) is 29.2. The minimum atomic E-state index is -4.42. The average Bonchev–Trinajstić information content (AvgIpc) is 1.64. The van der Waals surface area contributed by atoms with Crippen molar-refractivity contribution in [1.82, 2.24) is 74.9 Å². The minimum absolute atomic E-state index is 0.0676. The molecule has 4 amide bonds. The number of halogens is 3. The lowest BCUT2D eigenvalue weighted by molar-refractivity contribution is -0.137. The van der Waals surface area contributed by atoms with Crippen molar-refractivity contribution in [3.05, 3.63) is 357 Å². The Morgan fingerprint density at radius 3 is 1.76 bits per heavy atom. The molecule has 15 aromatic rings. The van der Waals surface area contributed by atoms with E-state index in [4.69, 9.17) is 35.7 Å². The van der Waals surface area contributed by atoms with Crippen LogP contribution in [-0.4, -0.2) is 115 Å². The van der Waals surface area contributed by atoms with Gasteiger partial charge in [-0.3, -0.25) is 82.9 Å². The lowest BCUT2D eigenvalue weighted by Gasteiger charge is -2.18. The van der Waals surface area contributed by atoms with Gasteiger partial charge in [-0.15, -0.1) is 0 Å². The van der Waals surface area contributed by atoms with Crippen molar-refractivity contribution in [3.63, 3.8) is 0 Å². The molecule has 127 heavy (non-hydrogen) atoms. The monoisotopic (exact) mass is 1730 g/mol. The SMILES string of the molecule is Cc1cccc(OCc2nc3cc(C(=O)NO)ccc3c(=O)[nH]2)c1.O=C(CO)c1ccc2c(=O)n(Cc3ccc(C(F)(F)F)cc3)c(C3CCCC3)nc2c1.O=C(NO)c1ccc2ccn(C3CCCC3)c(=O)c2c1.O=C(NO)c1ccc2ccn(CCCc3cccc(-n4cccn4)c3)c(=O)c2c1.O=C(NO)c1ccc2ncn(CCc3ccccn3)c(=O)c2c1. The zero-order chi connectivity index (χ0) is 89.8. The molecule has 8 aromatic carbocycles. The van der Waals surface area contributed by atoms with Crippen LogP contribution in [0.25, 0.3) is 59.9 Å². The molecule has 17 rings (SSSR count). The number of amides is 4. The molecule has 31 nitrogen and oxygen atoms in total. The van der Waals surface area contributed by atoms with Crippen LogP contribution in [0.4, 0.5) is 13.2 Å². The van der Waals surface area contributed by atoms with E-state index >= 15 is 0 Å². The Bertz CT molecular complexity index is 6870. The predicted octanol–water partition coefficient (Wildman–Crippen LogP) is 12.6. The minimum Gasteiger partial charge on any atom is -0.486 e. The van der Waals surface area contributed by atoms with Gasteiger partial charge in [-0.25, -0.2) is 41.6 Å². The molecule has 0 unspecified atom stereocenters. The Labute approximate surface area is 719 Å². The second-order valence-electron chi connectivity index (χ2n) is 30.1. The van der Waals surface area contributed by atoms with Crippen LogP contribution >= 0.6 is 0 Å². The Morgan fingerprint density at radius 2 is 1.12 bits per heavy atom. The number of aliphatic hydroxyl groups is 1. The van der Waals surface area contributed by atoms with Crippen molar-refractivity contribution < 1.29 is 67.8 Å². The van der Waals surface area contributed by atoms with Gasteiger partial charge >= 0.3 is 6.18 Å². The highest BCUT2D eigenvalue weighted by atomic mass is 19.4. The molecule has 2 aliphatic carbocycles. The number of aryl methyl sites for hydroxylation is 5. The molecule has 0 radical (unpaired) electrons. The molecule has 34 heteroatoms. The molecule has 0 bridgehead atoms. The highest BCUT2D eigenvalue weighted by Crippen LogP contribution is 2.35. The van der Waals surface area contributed by atoms with Crippen LogP contribution in [0.15, 0.2) is 261 Å². The third-order valence-electron chi connectivity index (χ3n) is 21.7. The van der Waals surface area contributed by atoms with Gasteiger partial charge in [-0.1, -0.05) is 86.3 Å². The van der Waals surface area contributed by atoms with Crippen LogP contribution in [-0.2, 0) is 45.3 Å². The summed E-state index contributed by atoms with van der Waals surface area (Å²) < 4.78 is 52.5. The number of aliphatic hydroxyl groups excluding tert-OH is 1. The summed E-state index contributed by atoms with van der Waals surface area (Å²) in [6.07, 6.45) is 16.4. The van der Waals surface area contributed by atoms with Gasteiger partial charge < -0.3 is 24.0 Å². The summed E-state index contributed by atoms with van der Waals surface area (Å²) >= 11 is 0. The molecule has 0 aliphatic heterocycles. The van der Waals surface area contributed by atoms with Gasteiger partial charge in [-0.2, -0.15) is 18.3 Å². The number of nitrogens with one attached hydrogen (secondary N) is 5. The number of benzene rings is 8. The van der Waals surface area contributed by atoms with Gasteiger partial charge in [0.1, 0.15) is 30.6 Å². The zero-order valence-electron chi connectivity index (χ0n) is 68.3. The second kappa shape index (κ2) is 41.4. The Hall–Kier alpha value is -15.1. The molecule has 650 valence electrons. The summed E-state index contributed by atoms with van der Waals surface area (Å²) in [5, 5.41) is 51.8. The van der Waals surface area contributed by atoms with Crippen LogP contribution in [0.3, 0.4) is 0 Å². The summed E-state index contributed by atoms with van der Waals surface area (Å²) in [5.41, 5.74) is 11.6. The van der Waals surface area contributed by atoms with E-state index in [0.717, 1.165) is 104 Å². The van der Waals surface area contributed by atoms with Crippen LogP contribution in [0.1, 0.15) is 161 Å². The fraction of sp³-hybridized carbons (Fsp3) is 0.215. The molecule has 0 saturated heterocycles. The number of carbonyl (C=O) groups is 5. The van der Waals surface area contributed by atoms with E-state index in [0.29, 0.717) is 86.0 Å². The zero-order valence-corrected chi connectivity index (χ0v) is 68.3. The van der Waals surface area contributed by atoms with E-state index in [1.165, 1.54) is 93.8 Å². The number of rotatable bonds is 21. The van der Waals surface area contributed by atoms with E-state index in [1.54, 1.807) is 80.0 Å². The number of aromatic amines is 1. The van der Waals surface area contributed by atoms with E-state index in [9.17, 15) is 61.1 Å². The molecular formula is C93H86F3N15O16. The summed E-state index contributed by atoms with van der Waals surface area (Å²) in [6.45, 7) is 2.53. The standard InChI is InChI=1S/C23H21F3N2O3.C22H20N4O3.C17H15N3O4.C16H14N4O3.C15H16N2O3/c24-23(25,26)17-8-5-14(6-9-17)12-28-21(15-3-1-2-4-15)27-19-11-16(20(30)13-29)7-10-18(19)22(28)31;27-21(24-29)18-8-7-17-9-13-25(22(28)20(17)15-18)11-2-5-16-4-1-6-19(14-16)26-12-3-10-23-26;1-10-3-2-4-12(7-10)24-9-15-18-14-8-11(16(21)20-23)5-6-13(14)17(22)19-15;21-15(19-23)11-4-5-14-13(9-11)16(22)20(10-18-14)8-6-12-3-1-2-7-17-12;18-14(16-20)11-6-5-10-7-8-17(12-3-1-2-4-12)15(19)13(10)9-11/h5-11,15,29H,1-4,12-13H2;1,3-4,6-10,12-15,29H,2,5,11H2,(H,24,27);2-8,23H,9H2,1H3,(H,20,21)(H,18,19,22);1-5,7,9-10,23H,6,8H2,(H,19,21);5-9,12,20H,1-4H2,(H,16,18). The van der Waals surface area contributed by atoms with Gasteiger partial charge in [0, 0.05) is 107 Å². The van der Waals surface area contributed by atoms with Crippen molar-refractivity contribution in [2.45, 2.75) is 122 Å². The highest BCUT2D eigenvalue weighted by Gasteiger charge is 2.31. The number of nitrogens with zero attached hydrogens (tertiary/aromatic N) is 10. The summed E-state index contributed by atoms with van der Waals surface area (Å²) in [7, 11) is 0. The van der Waals surface area contributed by atoms with Gasteiger partial charge in [0.15, 0.2) is 5.78 Å². The molecule has 2 saturated carbocycles. The first-order valence-electron chi connectivity index (χ1n) is 40.5. The number of hydroxylamine groups is 4. The van der Waals surface area contributed by atoms with E-state index in [1.807, 2.05) is 96.8 Å². The summed E-state index contributed by atoms with van der Waals surface area (Å²) in [4.78, 5) is 141. The van der Waals surface area contributed by atoms with Gasteiger partial charge in [0.2, 0.25) is 0 Å². The number of fused-ring (bicyclic) bond motifs is 5. The van der Waals surface area contributed by atoms with Gasteiger partial charge in [0.25, 0.3) is 51.4 Å². The number of aromatic nitrogens is 11. The normalized spacial score (nSPS) is 12.5. The van der Waals surface area contributed by atoms with Crippen molar-refractivity contribution in [1.29, 1.82) is 0 Å². The Balaban J connectivity index is 0.000000137. The quantitative estimate of drug-likeness (QED) is 0.0181. The number of H-pyrrole nitrogens is 1. The van der Waals surface area contributed by atoms with Crippen LogP contribution in [0, 0.1) is 6.92 Å². The molecule has 10 N–H and O–H groups in total. The molecular weight excluding hydrogens is 1640 g/mol. The topological polar surface area (TPSA) is 434 Å². The molecule has 7 aromatic heterocycles. The van der Waals surface area contributed by atoms with E-state index in [-0.39, 0.29) is 80.7 Å². The van der Waals surface area contributed by atoms with Gasteiger partial charge in [0.05, 0.1) is 56.8 Å².